The van der Waals surface area contributed by atoms with E-state index in [-0.39, 0.29) is 5.75 Å². The number of aromatic hydroxyl groups is 1. The molecule has 0 saturated heterocycles. The predicted octanol–water partition coefficient (Wildman–Crippen LogP) is 4.69. The normalized spacial score (nSPS) is 10.8. The van der Waals surface area contributed by atoms with Gasteiger partial charge in [0.2, 0.25) is 0 Å². The summed E-state index contributed by atoms with van der Waals surface area (Å²) in [6.45, 7) is 6.18. The number of phenols is 1. The first kappa shape index (κ1) is 14.9. The standard InChI is InChI=1S/C19H20O2/c1-4-5-15-8-11-19(21-3)18(13-15)14(2)12-16-6-9-17(20)10-7-16/h4-11,13,20H,2,12H2,1,3H3. The van der Waals surface area contributed by atoms with Crippen molar-refractivity contribution in [2.45, 2.75) is 13.3 Å². The molecule has 0 bridgehead atoms. The number of rotatable bonds is 5. The molecule has 0 aromatic heterocycles. The molecule has 2 aromatic rings. The van der Waals surface area contributed by atoms with Crippen molar-refractivity contribution in [3.63, 3.8) is 0 Å². The first-order chi connectivity index (χ1) is 10.1. The second kappa shape index (κ2) is 6.80. The van der Waals surface area contributed by atoms with Gasteiger partial charge in [-0.1, -0.05) is 36.9 Å². The van der Waals surface area contributed by atoms with Crippen LogP contribution in [0.5, 0.6) is 11.5 Å². The minimum absolute atomic E-state index is 0.275. The molecule has 2 nitrogen and oxygen atoms in total. The molecular formula is C19H20O2. The fourth-order valence-corrected chi connectivity index (χ4v) is 2.25. The minimum Gasteiger partial charge on any atom is -0.508 e. The van der Waals surface area contributed by atoms with E-state index in [0.717, 1.165) is 34.4 Å². The van der Waals surface area contributed by atoms with Crippen molar-refractivity contribution in [1.82, 2.24) is 0 Å². The molecule has 0 aliphatic rings. The molecule has 2 rings (SSSR count). The van der Waals surface area contributed by atoms with Gasteiger partial charge in [-0.3, -0.25) is 0 Å². The smallest absolute Gasteiger partial charge is 0.126 e. The average Bonchev–Trinajstić information content (AvgIpc) is 2.50. The van der Waals surface area contributed by atoms with Gasteiger partial charge in [0.1, 0.15) is 11.5 Å². The van der Waals surface area contributed by atoms with Crippen molar-refractivity contribution in [2.24, 2.45) is 0 Å². The molecule has 0 fully saturated rings. The van der Waals surface area contributed by atoms with Crippen LogP contribution >= 0.6 is 0 Å². The van der Waals surface area contributed by atoms with Gasteiger partial charge >= 0.3 is 0 Å². The second-order valence-corrected chi connectivity index (χ2v) is 4.91. The lowest BCUT2D eigenvalue weighted by Crippen LogP contribution is -1.95. The Morgan fingerprint density at radius 2 is 1.90 bits per heavy atom. The van der Waals surface area contributed by atoms with E-state index in [0.29, 0.717) is 0 Å². The zero-order chi connectivity index (χ0) is 15.2. The molecule has 0 spiro atoms. The van der Waals surface area contributed by atoms with Crippen LogP contribution in [0.15, 0.2) is 55.1 Å². The van der Waals surface area contributed by atoms with Crippen molar-refractivity contribution in [3.05, 3.63) is 71.8 Å². The summed E-state index contributed by atoms with van der Waals surface area (Å²) in [5.74, 6) is 1.10. The topological polar surface area (TPSA) is 29.5 Å². The number of allylic oxidation sites excluding steroid dienone is 2. The number of phenolic OH excluding ortho intramolecular Hbond substituents is 1. The summed E-state index contributed by atoms with van der Waals surface area (Å²) in [7, 11) is 1.67. The molecular weight excluding hydrogens is 260 g/mol. The Hall–Kier alpha value is -2.48. The van der Waals surface area contributed by atoms with Crippen LogP contribution < -0.4 is 4.74 Å². The highest BCUT2D eigenvalue weighted by molar-refractivity contribution is 5.73. The molecule has 1 N–H and O–H groups in total. The van der Waals surface area contributed by atoms with Gasteiger partial charge in [-0.05, 0) is 54.3 Å². The van der Waals surface area contributed by atoms with Gasteiger partial charge in [0.05, 0.1) is 7.11 Å². The van der Waals surface area contributed by atoms with E-state index in [9.17, 15) is 5.11 Å². The molecule has 2 heteroatoms. The lowest BCUT2D eigenvalue weighted by molar-refractivity contribution is 0.413. The monoisotopic (exact) mass is 280 g/mol. The van der Waals surface area contributed by atoms with Gasteiger partial charge in [-0.2, -0.15) is 0 Å². The lowest BCUT2D eigenvalue weighted by atomic mass is 9.97. The minimum atomic E-state index is 0.275. The third-order valence-corrected chi connectivity index (χ3v) is 3.32. The summed E-state index contributed by atoms with van der Waals surface area (Å²) < 4.78 is 5.43. The van der Waals surface area contributed by atoms with Crippen LogP contribution in [0.4, 0.5) is 0 Å². The summed E-state index contributed by atoms with van der Waals surface area (Å²) in [4.78, 5) is 0. The Kier molecular flexibility index (Phi) is 4.83. The number of ether oxygens (including phenoxy) is 1. The van der Waals surface area contributed by atoms with Gasteiger partial charge in [0.25, 0.3) is 0 Å². The summed E-state index contributed by atoms with van der Waals surface area (Å²) >= 11 is 0. The summed E-state index contributed by atoms with van der Waals surface area (Å²) in [6.07, 6.45) is 4.78. The zero-order valence-electron chi connectivity index (χ0n) is 12.5. The van der Waals surface area contributed by atoms with Crippen LogP contribution in [-0.4, -0.2) is 12.2 Å². The van der Waals surface area contributed by atoms with E-state index in [1.807, 2.05) is 37.3 Å². The number of methoxy groups -OCH3 is 1. The maximum absolute atomic E-state index is 9.34. The van der Waals surface area contributed by atoms with Crippen LogP contribution in [-0.2, 0) is 6.42 Å². The molecule has 0 saturated carbocycles. The fraction of sp³-hybridized carbons (Fsp3) is 0.158. The van der Waals surface area contributed by atoms with Crippen LogP contribution in [0.25, 0.3) is 11.6 Å². The Balaban J connectivity index is 2.28. The lowest BCUT2D eigenvalue weighted by Gasteiger charge is -2.12. The SMILES string of the molecule is C=C(Cc1ccc(O)cc1)c1cc(C=CC)ccc1OC. The molecule has 21 heavy (non-hydrogen) atoms. The van der Waals surface area contributed by atoms with E-state index in [1.54, 1.807) is 19.2 Å². The van der Waals surface area contributed by atoms with E-state index in [1.165, 1.54) is 0 Å². The van der Waals surface area contributed by atoms with Crippen molar-refractivity contribution >= 4 is 11.6 Å². The van der Waals surface area contributed by atoms with Crippen molar-refractivity contribution in [2.75, 3.05) is 7.11 Å². The summed E-state index contributed by atoms with van der Waals surface area (Å²) in [6, 6.07) is 13.3. The fourth-order valence-electron chi connectivity index (χ4n) is 2.25. The van der Waals surface area contributed by atoms with Gasteiger partial charge in [-0.15, -0.1) is 0 Å². The highest BCUT2D eigenvalue weighted by atomic mass is 16.5. The van der Waals surface area contributed by atoms with E-state index in [2.05, 4.69) is 18.7 Å². The molecule has 2 aromatic carbocycles. The van der Waals surface area contributed by atoms with Crippen molar-refractivity contribution in [1.29, 1.82) is 0 Å². The van der Waals surface area contributed by atoms with Crippen LogP contribution in [0, 0.1) is 0 Å². The molecule has 0 unspecified atom stereocenters. The van der Waals surface area contributed by atoms with Crippen molar-refractivity contribution < 1.29 is 9.84 Å². The first-order valence-electron chi connectivity index (χ1n) is 6.91. The Morgan fingerprint density at radius 3 is 2.52 bits per heavy atom. The molecule has 108 valence electrons. The predicted molar refractivity (Wildman–Crippen MR) is 88.5 cm³/mol. The van der Waals surface area contributed by atoms with Crippen LogP contribution in [0.2, 0.25) is 0 Å². The van der Waals surface area contributed by atoms with E-state index in [4.69, 9.17) is 4.74 Å². The largest absolute Gasteiger partial charge is 0.508 e. The second-order valence-electron chi connectivity index (χ2n) is 4.91. The van der Waals surface area contributed by atoms with Gasteiger partial charge in [0.15, 0.2) is 0 Å². The van der Waals surface area contributed by atoms with Gasteiger partial charge in [0, 0.05) is 5.56 Å². The molecule has 0 aliphatic carbocycles. The maximum Gasteiger partial charge on any atom is 0.126 e. The number of hydrogen-bond acceptors (Lipinski definition) is 2. The first-order valence-corrected chi connectivity index (χ1v) is 6.91. The Bertz CT molecular complexity index is 652. The van der Waals surface area contributed by atoms with E-state index >= 15 is 0 Å². The molecule has 0 amide bonds. The number of hydrogen-bond donors (Lipinski definition) is 1. The van der Waals surface area contributed by atoms with Crippen molar-refractivity contribution in [3.8, 4) is 11.5 Å². The molecule has 0 aliphatic heterocycles. The highest BCUT2D eigenvalue weighted by Gasteiger charge is 2.08. The summed E-state index contributed by atoms with van der Waals surface area (Å²) in [5.41, 5.74) is 4.24. The Labute approximate surface area is 126 Å². The molecule has 0 atom stereocenters. The van der Waals surface area contributed by atoms with Crippen LogP contribution in [0.1, 0.15) is 23.6 Å². The van der Waals surface area contributed by atoms with Gasteiger partial charge < -0.3 is 9.84 Å². The zero-order valence-corrected chi connectivity index (χ0v) is 12.5. The maximum atomic E-state index is 9.34. The molecule has 0 radical (unpaired) electrons. The van der Waals surface area contributed by atoms with E-state index < -0.39 is 0 Å². The summed E-state index contributed by atoms with van der Waals surface area (Å²) in [5, 5.41) is 9.34. The molecule has 0 heterocycles. The Morgan fingerprint density at radius 1 is 1.19 bits per heavy atom. The van der Waals surface area contributed by atoms with Crippen LogP contribution in [0.3, 0.4) is 0 Å². The highest BCUT2D eigenvalue weighted by Crippen LogP contribution is 2.29. The number of benzene rings is 2. The van der Waals surface area contributed by atoms with Gasteiger partial charge in [-0.25, -0.2) is 0 Å². The third kappa shape index (κ3) is 3.76. The third-order valence-electron chi connectivity index (χ3n) is 3.32. The average molecular weight is 280 g/mol. The quantitative estimate of drug-likeness (QED) is 0.861.